The molecule has 0 aliphatic heterocycles. The van der Waals surface area contributed by atoms with Gasteiger partial charge in [0.15, 0.2) is 17.8 Å². The summed E-state index contributed by atoms with van der Waals surface area (Å²) in [4.78, 5) is 11.3. The maximum atomic E-state index is 11.3. The molecule has 0 saturated carbocycles. The highest BCUT2D eigenvalue weighted by atomic mass is 79.9. The molecule has 0 saturated heterocycles. The standard InChI is InChI=1S/C16H15BrO4/c1-9-12(8-18)16(15(20)14(19)13(9)17)21-10(2)11-6-4-3-5-7-11/h3-8,10,19-20H,1-2H3/t10-/m1/s1. The lowest BCUT2D eigenvalue weighted by molar-refractivity contribution is 0.111. The van der Waals surface area contributed by atoms with E-state index in [1.54, 1.807) is 13.8 Å². The summed E-state index contributed by atoms with van der Waals surface area (Å²) < 4.78 is 5.99. The number of aldehydes is 1. The fourth-order valence-electron chi connectivity index (χ4n) is 2.04. The Kier molecular flexibility index (Phi) is 4.53. The van der Waals surface area contributed by atoms with Gasteiger partial charge in [-0.25, -0.2) is 0 Å². The molecule has 0 radical (unpaired) electrons. The van der Waals surface area contributed by atoms with Crippen molar-refractivity contribution >= 4 is 22.2 Å². The van der Waals surface area contributed by atoms with E-state index in [1.165, 1.54) is 0 Å². The molecule has 0 aliphatic rings. The van der Waals surface area contributed by atoms with Crippen LogP contribution in [0.15, 0.2) is 34.8 Å². The molecule has 110 valence electrons. The first-order valence-corrected chi connectivity index (χ1v) is 7.17. The molecular formula is C16H15BrO4. The van der Waals surface area contributed by atoms with Gasteiger partial charge in [0.25, 0.3) is 0 Å². The number of hydrogen-bond donors (Lipinski definition) is 2. The molecule has 21 heavy (non-hydrogen) atoms. The molecule has 0 aromatic heterocycles. The molecule has 4 nitrogen and oxygen atoms in total. The molecule has 0 amide bonds. The van der Waals surface area contributed by atoms with Gasteiger partial charge in [0.05, 0.1) is 10.0 Å². The molecule has 2 rings (SSSR count). The van der Waals surface area contributed by atoms with Crippen molar-refractivity contribution in [2.45, 2.75) is 20.0 Å². The van der Waals surface area contributed by atoms with Crippen LogP contribution in [0.1, 0.15) is 34.5 Å². The largest absolute Gasteiger partial charge is 0.503 e. The highest BCUT2D eigenvalue weighted by Gasteiger charge is 2.23. The summed E-state index contributed by atoms with van der Waals surface area (Å²) in [6.07, 6.45) is 0.225. The second-order valence-corrected chi connectivity index (χ2v) is 5.46. The molecule has 0 spiro atoms. The average Bonchev–Trinajstić information content (AvgIpc) is 2.51. The van der Waals surface area contributed by atoms with Gasteiger partial charge in [-0.2, -0.15) is 0 Å². The van der Waals surface area contributed by atoms with Crippen molar-refractivity contribution in [3.8, 4) is 17.2 Å². The number of benzene rings is 2. The summed E-state index contributed by atoms with van der Waals surface area (Å²) in [5.74, 6) is -0.801. The predicted molar refractivity (Wildman–Crippen MR) is 83.1 cm³/mol. The molecule has 1 atom stereocenters. The molecule has 2 aromatic rings. The van der Waals surface area contributed by atoms with Gasteiger partial charge in [0.2, 0.25) is 5.75 Å². The Morgan fingerprint density at radius 2 is 1.81 bits per heavy atom. The summed E-state index contributed by atoms with van der Waals surface area (Å²) in [7, 11) is 0. The van der Waals surface area contributed by atoms with Crippen LogP contribution in [0, 0.1) is 6.92 Å². The van der Waals surface area contributed by atoms with Crippen molar-refractivity contribution in [2.24, 2.45) is 0 Å². The van der Waals surface area contributed by atoms with Crippen molar-refractivity contribution in [1.82, 2.24) is 0 Å². The molecule has 5 heteroatoms. The van der Waals surface area contributed by atoms with Crippen molar-refractivity contribution in [2.75, 3.05) is 0 Å². The lowest BCUT2D eigenvalue weighted by Gasteiger charge is -2.19. The smallest absolute Gasteiger partial charge is 0.202 e. The van der Waals surface area contributed by atoms with E-state index in [0.29, 0.717) is 11.8 Å². The minimum Gasteiger partial charge on any atom is -0.503 e. The number of hydrogen-bond acceptors (Lipinski definition) is 4. The third-order valence-corrected chi connectivity index (χ3v) is 4.28. The van der Waals surface area contributed by atoms with Crippen LogP contribution in [-0.2, 0) is 0 Å². The second kappa shape index (κ2) is 6.18. The third kappa shape index (κ3) is 2.88. The predicted octanol–water partition coefficient (Wildman–Crippen LogP) is 4.12. The highest BCUT2D eigenvalue weighted by Crippen LogP contribution is 2.46. The molecule has 2 N–H and O–H groups in total. The Balaban J connectivity index is 2.47. The topological polar surface area (TPSA) is 66.8 Å². The first-order chi connectivity index (χ1) is 9.97. The molecule has 0 unspecified atom stereocenters. The Morgan fingerprint density at radius 1 is 1.19 bits per heavy atom. The number of carbonyl (C=O) groups is 1. The van der Waals surface area contributed by atoms with E-state index in [2.05, 4.69) is 15.9 Å². The van der Waals surface area contributed by atoms with Crippen LogP contribution in [0.3, 0.4) is 0 Å². The third-order valence-electron chi connectivity index (χ3n) is 3.31. The number of rotatable bonds is 4. The fraction of sp³-hybridized carbons (Fsp3) is 0.188. The van der Waals surface area contributed by atoms with E-state index in [9.17, 15) is 15.0 Å². The van der Waals surface area contributed by atoms with Gasteiger partial charge >= 0.3 is 0 Å². The summed E-state index contributed by atoms with van der Waals surface area (Å²) in [6, 6.07) is 9.40. The van der Waals surface area contributed by atoms with Gasteiger partial charge in [-0.1, -0.05) is 30.3 Å². The molecule has 0 heterocycles. The molecule has 2 aromatic carbocycles. The highest BCUT2D eigenvalue weighted by molar-refractivity contribution is 9.10. The quantitative estimate of drug-likeness (QED) is 0.642. The lowest BCUT2D eigenvalue weighted by Crippen LogP contribution is -2.06. The van der Waals surface area contributed by atoms with E-state index < -0.39 is 5.75 Å². The van der Waals surface area contributed by atoms with E-state index in [-0.39, 0.29) is 27.6 Å². The molecule has 0 aliphatic carbocycles. The normalized spacial score (nSPS) is 12.0. The number of carbonyl (C=O) groups excluding carboxylic acids is 1. The molecule has 0 fully saturated rings. The van der Waals surface area contributed by atoms with E-state index in [4.69, 9.17) is 4.74 Å². The van der Waals surface area contributed by atoms with Crippen molar-refractivity contribution in [1.29, 1.82) is 0 Å². The Labute approximate surface area is 131 Å². The van der Waals surface area contributed by atoms with Crippen LogP contribution >= 0.6 is 15.9 Å². The number of phenolic OH excluding ortho intramolecular Hbond substituents is 2. The minimum absolute atomic E-state index is 0.0143. The summed E-state index contributed by atoms with van der Waals surface area (Å²) in [5, 5.41) is 19.9. The van der Waals surface area contributed by atoms with Gasteiger partial charge in [0.1, 0.15) is 6.10 Å². The summed E-state index contributed by atoms with van der Waals surface area (Å²) in [5.41, 5.74) is 1.62. The van der Waals surface area contributed by atoms with Gasteiger partial charge in [-0.3, -0.25) is 4.79 Å². The van der Waals surface area contributed by atoms with E-state index in [0.717, 1.165) is 5.56 Å². The van der Waals surface area contributed by atoms with Crippen LogP contribution in [0.25, 0.3) is 0 Å². The second-order valence-electron chi connectivity index (χ2n) is 4.67. The SMILES string of the molecule is Cc1c(Br)c(O)c(O)c(O[C@H](C)c2ccccc2)c1C=O. The zero-order valence-corrected chi connectivity index (χ0v) is 13.2. The number of aromatic hydroxyl groups is 2. The Hall–Kier alpha value is -2.01. The maximum Gasteiger partial charge on any atom is 0.202 e. The van der Waals surface area contributed by atoms with E-state index in [1.807, 2.05) is 30.3 Å². The maximum absolute atomic E-state index is 11.3. The fourth-order valence-corrected chi connectivity index (χ4v) is 2.44. The van der Waals surface area contributed by atoms with Crippen LogP contribution in [0.2, 0.25) is 0 Å². The monoisotopic (exact) mass is 350 g/mol. The first-order valence-electron chi connectivity index (χ1n) is 6.38. The van der Waals surface area contributed by atoms with Crippen molar-refractivity contribution in [3.05, 3.63) is 51.5 Å². The van der Waals surface area contributed by atoms with E-state index >= 15 is 0 Å². The van der Waals surface area contributed by atoms with Crippen LogP contribution < -0.4 is 4.74 Å². The summed E-state index contributed by atoms with van der Waals surface area (Å²) in [6.45, 7) is 3.46. The van der Waals surface area contributed by atoms with Gasteiger partial charge in [-0.15, -0.1) is 0 Å². The van der Waals surface area contributed by atoms with Crippen LogP contribution in [0.5, 0.6) is 17.2 Å². The van der Waals surface area contributed by atoms with Crippen LogP contribution in [0.4, 0.5) is 0 Å². The Morgan fingerprint density at radius 3 is 2.38 bits per heavy atom. The zero-order chi connectivity index (χ0) is 15.6. The van der Waals surface area contributed by atoms with Gasteiger partial charge in [-0.05, 0) is 40.9 Å². The van der Waals surface area contributed by atoms with Gasteiger partial charge < -0.3 is 14.9 Å². The average molecular weight is 351 g/mol. The first kappa shape index (κ1) is 15.4. The Bertz CT molecular complexity index is 668. The number of ether oxygens (including phenoxy) is 1. The van der Waals surface area contributed by atoms with Crippen LogP contribution in [-0.4, -0.2) is 16.5 Å². The van der Waals surface area contributed by atoms with Gasteiger partial charge in [0, 0.05) is 0 Å². The van der Waals surface area contributed by atoms with Crippen molar-refractivity contribution in [3.63, 3.8) is 0 Å². The molecule has 0 bridgehead atoms. The summed E-state index contributed by atoms with van der Waals surface area (Å²) >= 11 is 3.14. The van der Waals surface area contributed by atoms with Crippen molar-refractivity contribution < 1.29 is 19.7 Å². The zero-order valence-electron chi connectivity index (χ0n) is 11.6. The minimum atomic E-state index is -0.447. The number of phenols is 2. The number of halogens is 1. The molecular weight excluding hydrogens is 336 g/mol. The lowest BCUT2D eigenvalue weighted by atomic mass is 10.1.